The normalized spacial score (nSPS) is 13.9. The number of amides is 2. The Morgan fingerprint density at radius 3 is 2.53 bits per heavy atom. The molecular formula is C23H25N5O3S. The van der Waals surface area contributed by atoms with Crippen molar-refractivity contribution >= 4 is 29.3 Å². The smallest absolute Gasteiger partial charge is 0.230 e. The summed E-state index contributed by atoms with van der Waals surface area (Å²) in [5.41, 5.74) is 2.63. The van der Waals surface area contributed by atoms with E-state index in [0.29, 0.717) is 5.16 Å². The number of nitrogens with one attached hydrogen (secondary N) is 2. The molecule has 3 aromatic rings. The van der Waals surface area contributed by atoms with Crippen molar-refractivity contribution in [3.63, 3.8) is 0 Å². The third-order valence-corrected chi connectivity index (χ3v) is 6.15. The van der Waals surface area contributed by atoms with Gasteiger partial charge >= 0.3 is 0 Å². The molecule has 0 saturated heterocycles. The summed E-state index contributed by atoms with van der Waals surface area (Å²) in [7, 11) is 1.62. The van der Waals surface area contributed by atoms with Gasteiger partial charge in [0.25, 0.3) is 0 Å². The van der Waals surface area contributed by atoms with Crippen LogP contribution in [0.3, 0.4) is 0 Å². The molecule has 0 spiro atoms. The van der Waals surface area contributed by atoms with E-state index in [1.54, 1.807) is 13.4 Å². The third-order valence-electron chi connectivity index (χ3n) is 5.20. The minimum Gasteiger partial charge on any atom is -0.497 e. The summed E-state index contributed by atoms with van der Waals surface area (Å²) < 4.78 is 7.02. The Morgan fingerprint density at radius 1 is 1.16 bits per heavy atom. The Morgan fingerprint density at radius 2 is 1.88 bits per heavy atom. The number of aromatic nitrogens is 3. The van der Waals surface area contributed by atoms with Crippen molar-refractivity contribution in [3.05, 3.63) is 60.4 Å². The molecule has 9 heteroatoms. The lowest BCUT2D eigenvalue weighted by Gasteiger charge is -2.15. The van der Waals surface area contributed by atoms with Crippen molar-refractivity contribution in [2.45, 2.75) is 31.0 Å². The van der Waals surface area contributed by atoms with Crippen LogP contribution in [-0.4, -0.2) is 39.4 Å². The lowest BCUT2D eigenvalue weighted by molar-refractivity contribution is -0.119. The van der Waals surface area contributed by atoms with Gasteiger partial charge in [0.05, 0.1) is 18.9 Å². The second-order valence-electron chi connectivity index (χ2n) is 7.64. The SMILES string of the molecule is COc1ccc(-n2cnnc2SCC(=O)NC(C)c2ccc(NC(=O)C3CC3)cc2)cc1. The fourth-order valence-electron chi connectivity index (χ4n) is 3.18. The zero-order chi connectivity index (χ0) is 22.5. The highest BCUT2D eigenvalue weighted by Crippen LogP contribution is 2.30. The van der Waals surface area contributed by atoms with Crippen LogP contribution in [0.1, 0.15) is 31.4 Å². The number of methoxy groups -OCH3 is 1. The summed E-state index contributed by atoms with van der Waals surface area (Å²) in [6.07, 6.45) is 3.57. The van der Waals surface area contributed by atoms with Gasteiger partial charge in [-0.3, -0.25) is 14.2 Å². The number of anilines is 1. The van der Waals surface area contributed by atoms with E-state index in [1.807, 2.05) is 60.0 Å². The Kier molecular flexibility index (Phi) is 6.75. The maximum Gasteiger partial charge on any atom is 0.230 e. The van der Waals surface area contributed by atoms with E-state index in [2.05, 4.69) is 20.8 Å². The standard InChI is InChI=1S/C23H25N5O3S/c1-15(16-5-7-18(8-6-16)26-22(30)17-3-4-17)25-21(29)13-32-23-27-24-14-28(23)19-9-11-20(31-2)12-10-19/h5-12,14-15,17H,3-4,13H2,1-2H3,(H,25,29)(H,26,30). The molecular weight excluding hydrogens is 426 g/mol. The molecule has 1 aliphatic carbocycles. The molecule has 1 fully saturated rings. The number of nitrogens with zero attached hydrogens (tertiary/aromatic N) is 3. The van der Waals surface area contributed by atoms with Crippen LogP contribution in [-0.2, 0) is 9.59 Å². The van der Waals surface area contributed by atoms with E-state index in [0.717, 1.165) is 35.5 Å². The average Bonchev–Trinajstić information content (AvgIpc) is 3.56. The molecule has 1 atom stereocenters. The Labute approximate surface area is 190 Å². The van der Waals surface area contributed by atoms with E-state index < -0.39 is 0 Å². The molecule has 1 saturated carbocycles. The maximum absolute atomic E-state index is 12.5. The fourth-order valence-corrected chi connectivity index (χ4v) is 3.92. The summed E-state index contributed by atoms with van der Waals surface area (Å²) >= 11 is 1.32. The van der Waals surface area contributed by atoms with Gasteiger partial charge in [-0.25, -0.2) is 0 Å². The molecule has 32 heavy (non-hydrogen) atoms. The molecule has 0 radical (unpaired) electrons. The molecule has 1 heterocycles. The number of carbonyl (C=O) groups excluding carboxylic acids is 2. The molecule has 0 aliphatic heterocycles. The average molecular weight is 452 g/mol. The predicted octanol–water partition coefficient (Wildman–Crippen LogP) is 3.59. The number of benzene rings is 2. The molecule has 2 aromatic carbocycles. The Bertz CT molecular complexity index is 1080. The maximum atomic E-state index is 12.5. The molecule has 1 aromatic heterocycles. The summed E-state index contributed by atoms with van der Waals surface area (Å²) in [6, 6.07) is 14.9. The first-order chi connectivity index (χ1) is 15.5. The molecule has 8 nitrogen and oxygen atoms in total. The highest BCUT2D eigenvalue weighted by molar-refractivity contribution is 7.99. The number of hydrogen-bond donors (Lipinski definition) is 2. The van der Waals surface area contributed by atoms with Crippen molar-refractivity contribution in [1.29, 1.82) is 0 Å². The van der Waals surface area contributed by atoms with Crippen LogP contribution in [0.25, 0.3) is 5.69 Å². The lowest BCUT2D eigenvalue weighted by atomic mass is 10.1. The monoisotopic (exact) mass is 451 g/mol. The molecule has 2 N–H and O–H groups in total. The molecule has 1 unspecified atom stereocenters. The van der Waals surface area contributed by atoms with E-state index in [1.165, 1.54) is 11.8 Å². The van der Waals surface area contributed by atoms with Gasteiger partial charge in [-0.15, -0.1) is 10.2 Å². The van der Waals surface area contributed by atoms with E-state index in [-0.39, 0.29) is 29.5 Å². The van der Waals surface area contributed by atoms with Crippen LogP contribution >= 0.6 is 11.8 Å². The van der Waals surface area contributed by atoms with Gasteiger partial charge in [-0.1, -0.05) is 23.9 Å². The second-order valence-corrected chi connectivity index (χ2v) is 8.59. The first-order valence-electron chi connectivity index (χ1n) is 10.4. The second kappa shape index (κ2) is 9.86. The van der Waals surface area contributed by atoms with Crippen LogP contribution in [0, 0.1) is 5.92 Å². The topological polar surface area (TPSA) is 98.1 Å². The van der Waals surface area contributed by atoms with Gasteiger partial charge in [0.1, 0.15) is 12.1 Å². The minimum atomic E-state index is -0.157. The number of rotatable bonds is 9. The quantitative estimate of drug-likeness (QED) is 0.483. The van der Waals surface area contributed by atoms with Gasteiger partial charge in [-0.05, 0) is 61.7 Å². The van der Waals surface area contributed by atoms with Crippen LogP contribution in [0.5, 0.6) is 5.75 Å². The largest absolute Gasteiger partial charge is 0.497 e. The number of carbonyl (C=O) groups is 2. The van der Waals surface area contributed by atoms with Crippen molar-refractivity contribution in [2.75, 3.05) is 18.2 Å². The Balaban J connectivity index is 1.29. The van der Waals surface area contributed by atoms with Crippen molar-refractivity contribution in [1.82, 2.24) is 20.1 Å². The highest BCUT2D eigenvalue weighted by Gasteiger charge is 2.29. The van der Waals surface area contributed by atoms with Crippen molar-refractivity contribution in [3.8, 4) is 11.4 Å². The van der Waals surface area contributed by atoms with Crippen LogP contribution in [0.2, 0.25) is 0 Å². The summed E-state index contributed by atoms with van der Waals surface area (Å²) in [5.74, 6) is 1.13. The Hall–Kier alpha value is -3.33. The first-order valence-corrected chi connectivity index (χ1v) is 11.4. The summed E-state index contributed by atoms with van der Waals surface area (Å²) in [6.45, 7) is 1.93. The lowest BCUT2D eigenvalue weighted by Crippen LogP contribution is -2.28. The number of hydrogen-bond acceptors (Lipinski definition) is 6. The van der Waals surface area contributed by atoms with Crippen LogP contribution in [0.4, 0.5) is 5.69 Å². The zero-order valence-corrected chi connectivity index (χ0v) is 18.8. The first kappa shape index (κ1) is 21.9. The molecule has 2 amide bonds. The number of thioether (sulfide) groups is 1. The van der Waals surface area contributed by atoms with Crippen LogP contribution in [0.15, 0.2) is 60.0 Å². The van der Waals surface area contributed by atoms with Gasteiger partial charge in [0.2, 0.25) is 11.8 Å². The number of ether oxygens (including phenoxy) is 1. The van der Waals surface area contributed by atoms with Crippen molar-refractivity contribution < 1.29 is 14.3 Å². The zero-order valence-electron chi connectivity index (χ0n) is 17.9. The fraction of sp³-hybridized carbons (Fsp3) is 0.304. The molecule has 166 valence electrons. The van der Waals surface area contributed by atoms with Gasteiger partial charge in [-0.2, -0.15) is 0 Å². The van der Waals surface area contributed by atoms with Gasteiger partial charge < -0.3 is 15.4 Å². The van der Waals surface area contributed by atoms with Gasteiger partial charge in [0, 0.05) is 17.3 Å². The summed E-state index contributed by atoms with van der Waals surface area (Å²) in [4.78, 5) is 24.3. The molecule has 1 aliphatic rings. The predicted molar refractivity (Wildman–Crippen MR) is 123 cm³/mol. The van der Waals surface area contributed by atoms with E-state index >= 15 is 0 Å². The van der Waals surface area contributed by atoms with E-state index in [9.17, 15) is 9.59 Å². The summed E-state index contributed by atoms with van der Waals surface area (Å²) in [5, 5.41) is 14.6. The van der Waals surface area contributed by atoms with Crippen LogP contribution < -0.4 is 15.4 Å². The van der Waals surface area contributed by atoms with E-state index in [4.69, 9.17) is 4.74 Å². The third kappa shape index (κ3) is 5.47. The van der Waals surface area contributed by atoms with Gasteiger partial charge in [0.15, 0.2) is 5.16 Å². The molecule has 4 rings (SSSR count). The molecule has 0 bridgehead atoms. The highest BCUT2D eigenvalue weighted by atomic mass is 32.2. The van der Waals surface area contributed by atoms with Crippen molar-refractivity contribution in [2.24, 2.45) is 5.92 Å². The minimum absolute atomic E-state index is 0.0821.